The van der Waals surface area contributed by atoms with Gasteiger partial charge >= 0.3 is 0 Å². The molecule has 0 aromatic rings. The molecule has 8 aliphatic rings. The molecule has 0 aliphatic heterocycles. The molecule has 8 rings (SSSR count). The summed E-state index contributed by atoms with van der Waals surface area (Å²) >= 11 is 0. The fourth-order valence-electron chi connectivity index (χ4n) is 4.89. The van der Waals surface area contributed by atoms with Gasteiger partial charge in [-0.2, -0.15) is 0 Å². The Morgan fingerprint density at radius 2 is 1.20 bits per heavy atom. The second kappa shape index (κ2) is 1.19. The van der Waals surface area contributed by atoms with Crippen molar-refractivity contribution in [3.05, 3.63) is 0 Å². The van der Waals surface area contributed by atoms with Crippen LogP contribution in [0.1, 0.15) is 25.7 Å². The molecule has 6 bridgehead atoms. The van der Waals surface area contributed by atoms with Crippen LogP contribution in [-0.2, 0) is 0 Å². The van der Waals surface area contributed by atoms with Gasteiger partial charge in [0.05, 0.1) is 0 Å². The van der Waals surface area contributed by atoms with Crippen molar-refractivity contribution in [3.63, 3.8) is 0 Å². The van der Waals surface area contributed by atoms with Crippen molar-refractivity contribution in [1.29, 1.82) is 0 Å². The Balaban J connectivity index is 1.85. The third-order valence-corrected chi connectivity index (χ3v) is 5.11. The molecule has 8 aliphatic carbocycles. The molecule has 0 N–H and O–H groups in total. The van der Waals surface area contributed by atoms with Crippen LogP contribution in [0.5, 0.6) is 0 Å². The first-order valence-corrected chi connectivity index (χ1v) is 4.95. The smallest absolute Gasteiger partial charge is 0.0323 e. The summed E-state index contributed by atoms with van der Waals surface area (Å²) in [4.78, 5) is 0. The lowest BCUT2D eigenvalue weighted by atomic mass is 9.39. The van der Waals surface area contributed by atoms with E-state index in [1.807, 2.05) is 0 Å². The summed E-state index contributed by atoms with van der Waals surface area (Å²) in [6, 6.07) is 0. The van der Waals surface area contributed by atoms with Crippen molar-refractivity contribution in [1.82, 2.24) is 0 Å². The maximum atomic E-state index is 1.64. The summed E-state index contributed by atoms with van der Waals surface area (Å²) in [5.74, 6) is 7.48. The number of fused-ring (bicyclic) bond motifs is 1. The summed E-state index contributed by atoms with van der Waals surface area (Å²) < 4.78 is 0. The van der Waals surface area contributed by atoms with Crippen molar-refractivity contribution in [2.75, 3.05) is 0 Å². The highest BCUT2D eigenvalue weighted by atomic mass is 14.7. The normalized spacial score (nSPS) is 74.4. The van der Waals surface area contributed by atoms with Crippen molar-refractivity contribution in [2.45, 2.75) is 25.7 Å². The minimum absolute atomic E-state index is 1.23. The van der Waals surface area contributed by atoms with Gasteiger partial charge in [0.15, 0.2) is 0 Å². The highest BCUT2D eigenvalue weighted by molar-refractivity contribution is 5.16. The van der Waals surface area contributed by atoms with E-state index in [2.05, 4.69) is 0 Å². The van der Waals surface area contributed by atoms with E-state index in [1.54, 1.807) is 25.7 Å². The minimum atomic E-state index is 1.23. The highest BCUT2D eigenvalue weighted by Gasteiger charge is 2.67. The molecule has 0 aromatic heterocycles. The summed E-state index contributed by atoms with van der Waals surface area (Å²) in [5, 5.41) is 0. The third-order valence-electron chi connectivity index (χ3n) is 5.11. The van der Waals surface area contributed by atoms with Crippen LogP contribution in [0.25, 0.3) is 0 Å². The molecule has 0 spiro atoms. The fourth-order valence-corrected chi connectivity index (χ4v) is 4.89. The van der Waals surface area contributed by atoms with E-state index >= 15 is 0 Å². The Morgan fingerprint density at radius 3 is 1.60 bits per heavy atom. The number of rotatable bonds is 0. The van der Waals surface area contributed by atoms with Crippen molar-refractivity contribution in [2.24, 2.45) is 35.5 Å². The predicted octanol–water partition coefficient (Wildman–Crippen LogP) is 2.30. The van der Waals surface area contributed by atoms with Crippen LogP contribution in [0.4, 0.5) is 0 Å². The quantitative estimate of drug-likeness (QED) is 0.477. The second-order valence-corrected chi connectivity index (χ2v) is 5.05. The van der Waals surface area contributed by atoms with Gasteiger partial charge in [-0.1, -0.05) is 0 Å². The molecule has 10 heavy (non-hydrogen) atoms. The van der Waals surface area contributed by atoms with Crippen molar-refractivity contribution >= 4 is 0 Å². The molecular weight excluding hydrogens is 120 g/mol. The molecular formula is C10H14. The molecule has 0 heterocycles. The molecule has 0 nitrogen and oxygen atoms in total. The largest absolute Gasteiger partial charge is 0.0496 e. The first-order valence-electron chi connectivity index (χ1n) is 4.95. The van der Waals surface area contributed by atoms with Gasteiger partial charge in [0.2, 0.25) is 0 Å². The lowest BCUT2D eigenvalue weighted by Crippen LogP contribution is -2.59. The lowest BCUT2D eigenvalue weighted by Gasteiger charge is -2.66. The Kier molecular flexibility index (Phi) is 0.570. The van der Waals surface area contributed by atoms with Gasteiger partial charge in [-0.3, -0.25) is 0 Å². The van der Waals surface area contributed by atoms with E-state index in [9.17, 15) is 0 Å². The van der Waals surface area contributed by atoms with Crippen LogP contribution in [0.3, 0.4) is 0 Å². The first kappa shape index (κ1) is 4.79. The zero-order valence-electron chi connectivity index (χ0n) is 6.29. The van der Waals surface area contributed by atoms with Gasteiger partial charge in [0, 0.05) is 0 Å². The fraction of sp³-hybridized carbons (Fsp3) is 1.00. The topological polar surface area (TPSA) is 0 Å². The summed E-state index contributed by atoms with van der Waals surface area (Å²) in [6.07, 6.45) is 6.52. The lowest BCUT2D eigenvalue weighted by molar-refractivity contribution is -0.174. The van der Waals surface area contributed by atoms with Gasteiger partial charge in [0.1, 0.15) is 0 Å². The molecule has 0 radical (unpaired) electrons. The molecule has 0 heteroatoms. The van der Waals surface area contributed by atoms with Crippen LogP contribution in [0.15, 0.2) is 0 Å². The number of hydrogen-bond acceptors (Lipinski definition) is 0. The monoisotopic (exact) mass is 134 g/mol. The molecule has 8 saturated carbocycles. The van der Waals surface area contributed by atoms with Gasteiger partial charge in [-0.05, 0) is 61.2 Å². The van der Waals surface area contributed by atoms with E-state index in [-0.39, 0.29) is 0 Å². The highest BCUT2D eigenvalue weighted by Crippen LogP contribution is 2.74. The van der Waals surface area contributed by atoms with Crippen LogP contribution in [-0.4, -0.2) is 0 Å². The predicted molar refractivity (Wildman–Crippen MR) is 39.4 cm³/mol. The van der Waals surface area contributed by atoms with Crippen molar-refractivity contribution in [3.8, 4) is 0 Å². The van der Waals surface area contributed by atoms with Crippen LogP contribution in [0, 0.1) is 35.5 Å². The Morgan fingerprint density at radius 1 is 0.700 bits per heavy atom. The molecule has 0 aromatic carbocycles. The Bertz CT molecular complexity index is 162. The van der Waals surface area contributed by atoms with Gasteiger partial charge < -0.3 is 0 Å². The molecule has 54 valence electrons. The zero-order valence-corrected chi connectivity index (χ0v) is 6.29. The Labute approximate surface area is 62.0 Å². The van der Waals surface area contributed by atoms with Gasteiger partial charge in [-0.15, -0.1) is 0 Å². The van der Waals surface area contributed by atoms with E-state index in [4.69, 9.17) is 0 Å². The molecule has 0 amide bonds. The Hall–Kier alpha value is 0. The minimum Gasteiger partial charge on any atom is -0.0496 e. The average molecular weight is 134 g/mol. The third kappa shape index (κ3) is 0.286. The molecule has 0 unspecified atom stereocenters. The van der Waals surface area contributed by atoms with Gasteiger partial charge in [0.25, 0.3) is 0 Å². The first-order chi connectivity index (χ1) is 4.95. The number of hydrogen-bond donors (Lipinski definition) is 0. The van der Waals surface area contributed by atoms with E-state index in [0.717, 1.165) is 0 Å². The summed E-state index contributed by atoms with van der Waals surface area (Å²) in [6.45, 7) is 0. The van der Waals surface area contributed by atoms with Crippen LogP contribution < -0.4 is 0 Å². The van der Waals surface area contributed by atoms with Gasteiger partial charge in [-0.25, -0.2) is 0 Å². The molecule has 0 atom stereocenters. The second-order valence-electron chi connectivity index (χ2n) is 5.05. The SMILES string of the molecule is C1C2CC1C1C3CCC1C23. The van der Waals surface area contributed by atoms with E-state index in [1.165, 1.54) is 35.5 Å². The van der Waals surface area contributed by atoms with E-state index in [0.29, 0.717) is 0 Å². The van der Waals surface area contributed by atoms with E-state index < -0.39 is 0 Å². The average Bonchev–Trinajstić information content (AvgIpc) is 2.43. The molecule has 0 saturated heterocycles. The maximum absolute atomic E-state index is 1.64. The zero-order chi connectivity index (χ0) is 6.29. The van der Waals surface area contributed by atoms with Crippen LogP contribution in [0.2, 0.25) is 0 Å². The maximum Gasteiger partial charge on any atom is -0.0323 e. The summed E-state index contributed by atoms with van der Waals surface area (Å²) in [7, 11) is 0. The standard InChI is InChI=1S/C10H14/c1-2-8-9-5-3-6(4-5)10(8)7(1)9/h5-10H,1-4H2. The van der Waals surface area contributed by atoms with Crippen molar-refractivity contribution < 1.29 is 0 Å². The molecule has 8 fully saturated rings. The van der Waals surface area contributed by atoms with Crippen LogP contribution >= 0.6 is 0 Å². The summed E-state index contributed by atoms with van der Waals surface area (Å²) in [5.41, 5.74) is 0.